The molecule has 1 heterocycles. The zero-order valence-corrected chi connectivity index (χ0v) is 21.7. The molecule has 4 rings (SSSR count). The van der Waals surface area contributed by atoms with Crippen molar-refractivity contribution in [1.29, 1.82) is 0 Å². The summed E-state index contributed by atoms with van der Waals surface area (Å²) in [5, 5.41) is 0.737. The third kappa shape index (κ3) is 5.34. The van der Waals surface area contributed by atoms with Gasteiger partial charge in [-0.3, -0.25) is 9.69 Å². The molecule has 176 valence electrons. The predicted molar refractivity (Wildman–Crippen MR) is 142 cm³/mol. The first-order valence-electron chi connectivity index (χ1n) is 11.3. The van der Waals surface area contributed by atoms with Gasteiger partial charge in [-0.1, -0.05) is 43.9 Å². The fraction of sp³-hybridized carbons (Fsp3) is 0.333. The normalized spacial score (nSPS) is 22.8. The summed E-state index contributed by atoms with van der Waals surface area (Å²) in [6.07, 6.45) is 11.7. The van der Waals surface area contributed by atoms with E-state index in [4.69, 9.17) is 20.9 Å². The summed E-state index contributed by atoms with van der Waals surface area (Å²) in [5.74, 6) is 3.98. The number of amidine groups is 1. The lowest BCUT2D eigenvalue weighted by Gasteiger charge is -2.35. The average Bonchev–Trinajstić information content (AvgIpc) is 3.13. The number of amides is 1. The van der Waals surface area contributed by atoms with Crippen LogP contribution in [0, 0.1) is 18.3 Å². The van der Waals surface area contributed by atoms with Crippen LogP contribution >= 0.6 is 27.7 Å². The number of halogens is 1. The van der Waals surface area contributed by atoms with Crippen LogP contribution in [-0.2, 0) is 4.79 Å². The van der Waals surface area contributed by atoms with Crippen LogP contribution in [0.3, 0.4) is 0 Å². The molecule has 5 nitrogen and oxygen atoms in total. The van der Waals surface area contributed by atoms with E-state index in [1.807, 2.05) is 53.4 Å². The Morgan fingerprint density at radius 1 is 1.26 bits per heavy atom. The maximum absolute atomic E-state index is 13.7. The Balaban J connectivity index is 1.71. The molecule has 1 aliphatic heterocycles. The van der Waals surface area contributed by atoms with E-state index in [0.717, 1.165) is 35.7 Å². The molecule has 1 saturated heterocycles. The molecular weight excluding hydrogens is 512 g/mol. The van der Waals surface area contributed by atoms with Crippen LogP contribution in [0.4, 0.5) is 5.69 Å². The van der Waals surface area contributed by atoms with Gasteiger partial charge in [-0.05, 0) is 82.4 Å². The van der Waals surface area contributed by atoms with Gasteiger partial charge in [-0.25, -0.2) is 4.99 Å². The molecule has 2 atom stereocenters. The molecule has 2 aliphatic rings. The summed E-state index contributed by atoms with van der Waals surface area (Å²) in [7, 11) is 1.58. The smallest absolute Gasteiger partial charge is 0.267 e. The molecule has 0 unspecified atom stereocenters. The third-order valence-electron chi connectivity index (χ3n) is 6.07. The van der Waals surface area contributed by atoms with E-state index in [9.17, 15) is 4.79 Å². The van der Waals surface area contributed by atoms with Crippen LogP contribution in [0.5, 0.6) is 11.5 Å². The van der Waals surface area contributed by atoms with Crippen molar-refractivity contribution in [2.45, 2.75) is 38.6 Å². The summed E-state index contributed by atoms with van der Waals surface area (Å²) in [6, 6.07) is 13.7. The lowest BCUT2D eigenvalue weighted by molar-refractivity contribution is -0.124. The fourth-order valence-electron chi connectivity index (χ4n) is 4.38. The van der Waals surface area contributed by atoms with Crippen molar-refractivity contribution in [3.8, 4) is 23.8 Å². The maximum atomic E-state index is 13.7. The number of carbonyl (C=O) groups excluding carboxylic acids is 1. The second kappa shape index (κ2) is 11.2. The first-order valence-corrected chi connectivity index (χ1v) is 12.9. The first-order chi connectivity index (χ1) is 16.5. The van der Waals surface area contributed by atoms with Crippen LogP contribution in [0.15, 0.2) is 56.8 Å². The lowest BCUT2D eigenvalue weighted by atomic mass is 9.85. The van der Waals surface area contributed by atoms with E-state index >= 15 is 0 Å². The molecule has 1 amide bonds. The molecule has 0 aromatic heterocycles. The van der Waals surface area contributed by atoms with Gasteiger partial charge >= 0.3 is 0 Å². The monoisotopic (exact) mass is 538 g/mol. The SMILES string of the molecule is C#CCOc1c(Br)cc(/C=C2\SC(=Nc3ccccc3)N([C@@H]3CCCC[C@H]3C)C2=O)cc1OC. The highest BCUT2D eigenvalue weighted by molar-refractivity contribution is 9.10. The minimum Gasteiger partial charge on any atom is -0.493 e. The molecule has 0 N–H and O–H groups in total. The van der Waals surface area contributed by atoms with Crippen molar-refractivity contribution < 1.29 is 14.3 Å². The zero-order valence-electron chi connectivity index (χ0n) is 19.3. The van der Waals surface area contributed by atoms with Crippen LogP contribution in [0.1, 0.15) is 38.2 Å². The number of para-hydroxylation sites is 1. The Labute approximate surface area is 213 Å². The Hall–Kier alpha value is -2.69. The second-order valence-electron chi connectivity index (χ2n) is 8.37. The minimum atomic E-state index is 0.00109. The third-order valence-corrected chi connectivity index (χ3v) is 7.64. The number of benzene rings is 2. The molecule has 2 aromatic rings. The molecule has 1 aliphatic carbocycles. The summed E-state index contributed by atoms with van der Waals surface area (Å²) >= 11 is 4.97. The van der Waals surface area contributed by atoms with E-state index in [2.05, 4.69) is 28.8 Å². The first kappa shape index (κ1) is 24.4. The van der Waals surface area contributed by atoms with Crippen LogP contribution in [0.2, 0.25) is 0 Å². The molecule has 7 heteroatoms. The number of rotatable bonds is 6. The highest BCUT2D eigenvalue weighted by atomic mass is 79.9. The number of terminal acetylenes is 1. The van der Waals surface area contributed by atoms with E-state index in [1.165, 1.54) is 18.2 Å². The largest absolute Gasteiger partial charge is 0.493 e. The minimum absolute atomic E-state index is 0.00109. The number of hydrogen-bond acceptors (Lipinski definition) is 5. The Morgan fingerprint density at radius 3 is 2.74 bits per heavy atom. The van der Waals surface area contributed by atoms with Gasteiger partial charge < -0.3 is 9.47 Å². The molecular formula is C27H27BrN2O3S. The highest BCUT2D eigenvalue weighted by Gasteiger charge is 2.41. The van der Waals surface area contributed by atoms with Crippen LogP contribution in [0.25, 0.3) is 6.08 Å². The van der Waals surface area contributed by atoms with Gasteiger partial charge in [0.1, 0.15) is 6.61 Å². The fourth-order valence-corrected chi connectivity index (χ4v) is 6.00. The van der Waals surface area contributed by atoms with Gasteiger partial charge in [-0.15, -0.1) is 6.42 Å². The lowest BCUT2D eigenvalue weighted by Crippen LogP contribution is -2.44. The summed E-state index contributed by atoms with van der Waals surface area (Å²) in [5.41, 5.74) is 1.66. The van der Waals surface area contributed by atoms with Gasteiger partial charge in [0.2, 0.25) is 0 Å². The van der Waals surface area contributed by atoms with E-state index in [1.54, 1.807) is 7.11 Å². The van der Waals surface area contributed by atoms with Crippen LogP contribution in [-0.4, -0.2) is 35.7 Å². The maximum Gasteiger partial charge on any atom is 0.267 e. The van der Waals surface area contributed by atoms with Crippen molar-refractivity contribution in [2.75, 3.05) is 13.7 Å². The summed E-state index contributed by atoms with van der Waals surface area (Å²) in [4.78, 5) is 21.1. The Bertz CT molecular complexity index is 1160. The molecule has 2 aromatic carbocycles. The molecule has 2 fully saturated rings. The van der Waals surface area contributed by atoms with Crippen molar-refractivity contribution in [2.24, 2.45) is 10.9 Å². The quantitative estimate of drug-likeness (QED) is 0.305. The number of aliphatic imine (C=N–C) groups is 1. The van der Waals surface area contributed by atoms with Gasteiger partial charge in [0.05, 0.1) is 22.2 Å². The number of carbonyl (C=O) groups is 1. The average molecular weight is 539 g/mol. The number of thioether (sulfide) groups is 1. The molecule has 0 bridgehead atoms. The molecule has 0 radical (unpaired) electrons. The Kier molecular flexibility index (Phi) is 8.02. The number of ether oxygens (including phenoxy) is 2. The van der Waals surface area contributed by atoms with Gasteiger partial charge in [0.15, 0.2) is 16.7 Å². The second-order valence-corrected chi connectivity index (χ2v) is 10.2. The van der Waals surface area contributed by atoms with Crippen molar-refractivity contribution >= 4 is 50.5 Å². The van der Waals surface area contributed by atoms with Gasteiger partial charge in [0.25, 0.3) is 5.91 Å². The number of hydrogen-bond donors (Lipinski definition) is 0. The highest BCUT2D eigenvalue weighted by Crippen LogP contribution is 2.42. The van der Waals surface area contributed by atoms with Gasteiger partial charge in [-0.2, -0.15) is 0 Å². The summed E-state index contributed by atoms with van der Waals surface area (Å²) in [6.45, 7) is 2.37. The van der Waals surface area contributed by atoms with E-state index < -0.39 is 0 Å². The molecule has 0 spiro atoms. The Morgan fingerprint density at radius 2 is 2.03 bits per heavy atom. The zero-order chi connectivity index (χ0) is 24.1. The van der Waals surface area contributed by atoms with Crippen molar-refractivity contribution in [3.63, 3.8) is 0 Å². The molecule has 34 heavy (non-hydrogen) atoms. The predicted octanol–water partition coefficient (Wildman–Crippen LogP) is 6.65. The van der Waals surface area contributed by atoms with E-state index in [0.29, 0.717) is 26.8 Å². The van der Waals surface area contributed by atoms with E-state index in [-0.39, 0.29) is 18.6 Å². The number of methoxy groups -OCH3 is 1. The van der Waals surface area contributed by atoms with Crippen LogP contribution < -0.4 is 9.47 Å². The topological polar surface area (TPSA) is 51.1 Å². The molecule has 1 saturated carbocycles. The standard InChI is InChI=1S/C27H27BrN2O3S/c1-4-14-33-25-21(28)15-19(16-23(25)32-3)17-24-26(31)30(22-13-9-8-10-18(22)2)27(34-24)29-20-11-6-5-7-12-20/h1,5-7,11-12,15-18,22H,8-10,13-14H2,2-3H3/b24-17-,29-27?/t18-,22-/m1/s1. The van der Waals surface area contributed by atoms with Gasteiger partial charge in [0, 0.05) is 6.04 Å². The summed E-state index contributed by atoms with van der Waals surface area (Å²) < 4.78 is 11.8. The van der Waals surface area contributed by atoms with Crippen molar-refractivity contribution in [3.05, 3.63) is 57.4 Å². The van der Waals surface area contributed by atoms with Crippen molar-refractivity contribution in [1.82, 2.24) is 4.90 Å². The number of nitrogens with zero attached hydrogens (tertiary/aromatic N) is 2.